The van der Waals surface area contributed by atoms with Crippen LogP contribution in [-0.2, 0) is 17.7 Å². The first kappa shape index (κ1) is 20.4. The first-order valence-corrected chi connectivity index (χ1v) is 8.74. The third-order valence-corrected chi connectivity index (χ3v) is 4.48. The summed E-state index contributed by atoms with van der Waals surface area (Å²) in [5.74, 6) is -0.107. The highest BCUT2D eigenvalue weighted by molar-refractivity contribution is 6.04. The second kappa shape index (κ2) is 10.3. The Kier molecular flexibility index (Phi) is 8.06. The predicted molar refractivity (Wildman–Crippen MR) is 107 cm³/mol. The highest BCUT2D eigenvalue weighted by Crippen LogP contribution is 2.13. The molecule has 0 spiro atoms. The van der Waals surface area contributed by atoms with E-state index in [0.717, 1.165) is 50.5 Å². The van der Waals surface area contributed by atoms with Gasteiger partial charge < -0.3 is 15.8 Å². The Morgan fingerprint density at radius 3 is 2.23 bits per heavy atom. The number of carbonyl (C=O) groups is 1. The SMILES string of the molecule is Cl.NCc1ccc(C(=O)Nc2ccc(CCN3CCOCC3)cc2)cc1. The molecule has 0 aliphatic carbocycles. The summed E-state index contributed by atoms with van der Waals surface area (Å²) in [6.45, 7) is 5.21. The minimum atomic E-state index is -0.107. The quantitative estimate of drug-likeness (QED) is 0.814. The Labute approximate surface area is 160 Å². The molecule has 0 atom stereocenters. The lowest BCUT2D eigenvalue weighted by Gasteiger charge is -2.26. The van der Waals surface area contributed by atoms with Gasteiger partial charge in [-0.25, -0.2) is 0 Å². The van der Waals surface area contributed by atoms with E-state index >= 15 is 0 Å². The minimum Gasteiger partial charge on any atom is -0.379 e. The summed E-state index contributed by atoms with van der Waals surface area (Å²) in [6, 6.07) is 15.4. The van der Waals surface area contributed by atoms with Gasteiger partial charge in [0, 0.05) is 37.4 Å². The number of ether oxygens (including phenoxy) is 1. The van der Waals surface area contributed by atoms with Crippen LogP contribution in [-0.4, -0.2) is 43.7 Å². The van der Waals surface area contributed by atoms with Gasteiger partial charge in [0.25, 0.3) is 5.91 Å². The van der Waals surface area contributed by atoms with Crippen molar-refractivity contribution >= 4 is 24.0 Å². The van der Waals surface area contributed by atoms with E-state index in [1.165, 1.54) is 5.56 Å². The molecule has 3 N–H and O–H groups in total. The van der Waals surface area contributed by atoms with Crippen molar-refractivity contribution in [3.63, 3.8) is 0 Å². The molecule has 1 saturated heterocycles. The molecular formula is C20H26ClN3O2. The van der Waals surface area contributed by atoms with Gasteiger partial charge in [0.05, 0.1) is 13.2 Å². The molecule has 3 rings (SSSR count). The molecule has 5 nitrogen and oxygen atoms in total. The fourth-order valence-corrected chi connectivity index (χ4v) is 2.86. The van der Waals surface area contributed by atoms with Gasteiger partial charge in [-0.2, -0.15) is 0 Å². The Morgan fingerprint density at radius 2 is 1.62 bits per heavy atom. The maximum Gasteiger partial charge on any atom is 0.255 e. The number of amides is 1. The molecule has 6 heteroatoms. The average Bonchev–Trinajstić information content (AvgIpc) is 2.68. The fourth-order valence-electron chi connectivity index (χ4n) is 2.86. The molecule has 2 aromatic carbocycles. The van der Waals surface area contributed by atoms with Crippen molar-refractivity contribution in [1.29, 1.82) is 0 Å². The van der Waals surface area contributed by atoms with Crippen LogP contribution in [0.3, 0.4) is 0 Å². The van der Waals surface area contributed by atoms with Gasteiger partial charge in [-0.15, -0.1) is 12.4 Å². The van der Waals surface area contributed by atoms with Crippen LogP contribution < -0.4 is 11.1 Å². The molecule has 140 valence electrons. The van der Waals surface area contributed by atoms with E-state index in [0.29, 0.717) is 12.1 Å². The van der Waals surface area contributed by atoms with Crippen LogP contribution in [0.15, 0.2) is 48.5 Å². The lowest BCUT2D eigenvalue weighted by molar-refractivity contribution is 0.0384. The zero-order valence-electron chi connectivity index (χ0n) is 14.8. The molecule has 1 aliphatic rings. The molecule has 2 aromatic rings. The second-order valence-electron chi connectivity index (χ2n) is 6.26. The third-order valence-electron chi connectivity index (χ3n) is 4.48. The fraction of sp³-hybridized carbons (Fsp3) is 0.350. The topological polar surface area (TPSA) is 67.6 Å². The van der Waals surface area contributed by atoms with E-state index in [2.05, 4.69) is 22.3 Å². The number of nitrogens with two attached hydrogens (primary N) is 1. The van der Waals surface area contributed by atoms with Crippen molar-refractivity contribution in [2.45, 2.75) is 13.0 Å². The van der Waals surface area contributed by atoms with Gasteiger partial charge >= 0.3 is 0 Å². The number of hydrogen-bond donors (Lipinski definition) is 2. The first-order chi connectivity index (χ1) is 12.2. The number of carbonyl (C=O) groups excluding carboxylic acids is 1. The van der Waals surface area contributed by atoms with Crippen molar-refractivity contribution in [2.75, 3.05) is 38.2 Å². The molecule has 0 unspecified atom stereocenters. The van der Waals surface area contributed by atoms with Gasteiger partial charge in [0.1, 0.15) is 0 Å². The van der Waals surface area contributed by atoms with Crippen LogP contribution in [0.2, 0.25) is 0 Å². The highest BCUT2D eigenvalue weighted by Gasteiger charge is 2.10. The van der Waals surface area contributed by atoms with Gasteiger partial charge in [-0.05, 0) is 41.8 Å². The Morgan fingerprint density at radius 1 is 1.00 bits per heavy atom. The summed E-state index contributed by atoms with van der Waals surface area (Å²) < 4.78 is 5.37. The summed E-state index contributed by atoms with van der Waals surface area (Å²) in [6.07, 6.45) is 1.01. The predicted octanol–water partition coefficient (Wildman–Crippen LogP) is 2.69. The smallest absolute Gasteiger partial charge is 0.255 e. The van der Waals surface area contributed by atoms with Crippen molar-refractivity contribution in [2.24, 2.45) is 5.73 Å². The standard InChI is InChI=1S/C20H25N3O2.ClH/c21-15-17-1-5-18(6-2-17)20(24)22-19-7-3-16(4-8-19)9-10-23-11-13-25-14-12-23;/h1-8H,9-15,21H2,(H,22,24);1H. The van der Waals surface area contributed by atoms with E-state index in [-0.39, 0.29) is 18.3 Å². The Bertz CT molecular complexity index is 683. The maximum atomic E-state index is 12.3. The largest absolute Gasteiger partial charge is 0.379 e. The summed E-state index contributed by atoms with van der Waals surface area (Å²) in [4.78, 5) is 14.7. The molecule has 1 aliphatic heterocycles. The third kappa shape index (κ3) is 5.81. The summed E-state index contributed by atoms with van der Waals surface area (Å²) in [5, 5.41) is 2.93. The average molecular weight is 376 g/mol. The van der Waals surface area contributed by atoms with E-state index in [1.807, 2.05) is 24.3 Å². The van der Waals surface area contributed by atoms with E-state index in [9.17, 15) is 4.79 Å². The first-order valence-electron chi connectivity index (χ1n) is 8.74. The Balaban J connectivity index is 0.00000243. The normalized spacial score (nSPS) is 14.5. The highest BCUT2D eigenvalue weighted by atomic mass is 35.5. The lowest BCUT2D eigenvalue weighted by atomic mass is 10.1. The molecule has 0 aromatic heterocycles. The van der Waals surface area contributed by atoms with Crippen LogP contribution in [0.5, 0.6) is 0 Å². The summed E-state index contributed by atoms with van der Waals surface area (Å²) in [7, 11) is 0. The van der Waals surface area contributed by atoms with Crippen LogP contribution >= 0.6 is 12.4 Å². The van der Waals surface area contributed by atoms with Crippen LogP contribution in [0.25, 0.3) is 0 Å². The number of benzene rings is 2. The van der Waals surface area contributed by atoms with Gasteiger partial charge in [-0.1, -0.05) is 24.3 Å². The van der Waals surface area contributed by atoms with E-state index in [4.69, 9.17) is 10.5 Å². The molecule has 1 amide bonds. The van der Waals surface area contributed by atoms with E-state index < -0.39 is 0 Å². The van der Waals surface area contributed by atoms with Crippen LogP contribution in [0, 0.1) is 0 Å². The zero-order valence-corrected chi connectivity index (χ0v) is 15.6. The van der Waals surface area contributed by atoms with Gasteiger partial charge in [0.2, 0.25) is 0 Å². The molecule has 1 heterocycles. The van der Waals surface area contributed by atoms with E-state index in [1.54, 1.807) is 12.1 Å². The van der Waals surface area contributed by atoms with Crippen molar-refractivity contribution < 1.29 is 9.53 Å². The monoisotopic (exact) mass is 375 g/mol. The van der Waals surface area contributed by atoms with Crippen molar-refractivity contribution in [3.05, 3.63) is 65.2 Å². The zero-order chi connectivity index (χ0) is 17.5. The minimum absolute atomic E-state index is 0. The number of nitrogens with one attached hydrogen (secondary N) is 1. The van der Waals surface area contributed by atoms with Gasteiger partial charge in [-0.3, -0.25) is 9.69 Å². The number of nitrogens with zero attached hydrogens (tertiary/aromatic N) is 1. The van der Waals surface area contributed by atoms with Crippen molar-refractivity contribution in [3.8, 4) is 0 Å². The van der Waals surface area contributed by atoms with Crippen LogP contribution in [0.4, 0.5) is 5.69 Å². The number of anilines is 1. The molecule has 0 bridgehead atoms. The molecule has 0 radical (unpaired) electrons. The Hall–Kier alpha value is -1.92. The summed E-state index contributed by atoms with van der Waals surface area (Å²) >= 11 is 0. The second-order valence-corrected chi connectivity index (χ2v) is 6.26. The molecule has 0 saturated carbocycles. The number of halogens is 1. The van der Waals surface area contributed by atoms with Crippen molar-refractivity contribution in [1.82, 2.24) is 4.90 Å². The van der Waals surface area contributed by atoms with Crippen LogP contribution in [0.1, 0.15) is 21.5 Å². The molecule has 26 heavy (non-hydrogen) atoms. The molecular weight excluding hydrogens is 350 g/mol. The molecule has 1 fully saturated rings. The lowest BCUT2D eigenvalue weighted by Crippen LogP contribution is -2.37. The summed E-state index contributed by atoms with van der Waals surface area (Å²) in [5.41, 5.74) is 9.31. The maximum absolute atomic E-state index is 12.3. The number of hydrogen-bond acceptors (Lipinski definition) is 4. The van der Waals surface area contributed by atoms with Gasteiger partial charge in [0.15, 0.2) is 0 Å². The number of morpholine rings is 1. The number of rotatable bonds is 6.